The molecule has 0 radical (unpaired) electrons. The normalized spacial score (nSPS) is 13.0. The standard InChI is InChI=1S/C24H44NO3.3C4H9.Sn/c1-6-8-9-10-11-12-13-14-15-16-18-22(19-17-21-26)25(20-7-2)23(27)28-24(3,4)5;3*1-3-4-2;/h7,20-22H,2,6,8-19H2,1,3-5H3;3*1,3-4H2,2H3;/b20-7+;;;;/t22-;;;;/m1..../s1. The van der Waals surface area contributed by atoms with Crippen LogP contribution in [0.2, 0.25) is 17.7 Å². The molecule has 0 aliphatic carbocycles. The first-order valence-corrected chi connectivity index (χ1v) is 25.9. The van der Waals surface area contributed by atoms with Crippen LogP contribution in [0.25, 0.3) is 0 Å². The van der Waals surface area contributed by atoms with Gasteiger partial charge in [0.15, 0.2) is 0 Å². The second-order valence-corrected chi connectivity index (χ2v) is 27.7. The molecule has 242 valence electrons. The Morgan fingerprint density at radius 1 is 0.707 bits per heavy atom. The van der Waals surface area contributed by atoms with Crippen molar-refractivity contribution in [2.45, 2.75) is 200 Å². The van der Waals surface area contributed by atoms with Gasteiger partial charge in [-0.3, -0.25) is 0 Å². The summed E-state index contributed by atoms with van der Waals surface area (Å²) in [6, 6.07) is 0.0202. The van der Waals surface area contributed by atoms with E-state index in [1.165, 1.54) is 114 Å². The Balaban J connectivity index is 5.54. The van der Waals surface area contributed by atoms with Crippen molar-refractivity contribution in [3.63, 3.8) is 0 Å². The number of ether oxygens (including phenoxy) is 1. The molecule has 0 aromatic heterocycles. The van der Waals surface area contributed by atoms with E-state index in [-0.39, 0.29) is 12.1 Å². The van der Waals surface area contributed by atoms with E-state index in [0.29, 0.717) is 12.8 Å². The van der Waals surface area contributed by atoms with Crippen molar-refractivity contribution in [3.8, 4) is 0 Å². The van der Waals surface area contributed by atoms with E-state index in [0.717, 1.165) is 19.1 Å². The number of hydrogen-bond donors (Lipinski definition) is 0. The molecular weight excluding hydrogens is 613 g/mol. The number of nitrogens with zero attached hydrogens (tertiary/aromatic N) is 1. The first-order valence-electron chi connectivity index (χ1n) is 17.8. The second kappa shape index (κ2) is 25.9. The Hall–Kier alpha value is -0.521. The van der Waals surface area contributed by atoms with Gasteiger partial charge in [-0.25, -0.2) is 0 Å². The Morgan fingerprint density at radius 3 is 1.61 bits per heavy atom. The Morgan fingerprint density at radius 2 is 1.17 bits per heavy atom. The van der Waals surface area contributed by atoms with Crippen LogP contribution in [0.4, 0.5) is 4.79 Å². The molecule has 0 aliphatic heterocycles. The quantitative estimate of drug-likeness (QED) is 0.0492. The van der Waals surface area contributed by atoms with E-state index in [2.05, 4.69) is 40.0 Å². The van der Waals surface area contributed by atoms with E-state index in [9.17, 15) is 9.59 Å². The summed E-state index contributed by atoms with van der Waals surface area (Å²) in [7, 11) is 0. The van der Waals surface area contributed by atoms with Crippen LogP contribution < -0.4 is 0 Å². The SMILES string of the molecule is CCCCCCCCCCCC[C@H](CCC=O)N(/C=C/[CH2][Sn]([CH2]CCC)([CH2]CCC)[CH2]CCC)C(=O)OC(C)(C)C. The van der Waals surface area contributed by atoms with Crippen molar-refractivity contribution >= 4 is 30.8 Å². The van der Waals surface area contributed by atoms with Crippen LogP contribution in [0.5, 0.6) is 0 Å². The van der Waals surface area contributed by atoms with Gasteiger partial charge in [-0.15, -0.1) is 0 Å². The third-order valence-corrected chi connectivity index (χ3v) is 23.8. The van der Waals surface area contributed by atoms with Gasteiger partial charge in [0.2, 0.25) is 0 Å². The zero-order valence-corrected chi connectivity index (χ0v) is 31.6. The summed E-state index contributed by atoms with van der Waals surface area (Å²) in [5.41, 5.74) is -0.540. The van der Waals surface area contributed by atoms with Gasteiger partial charge in [-0.1, -0.05) is 32.6 Å². The summed E-state index contributed by atoms with van der Waals surface area (Å²) in [5.74, 6) is 0. The molecule has 0 rings (SSSR count). The predicted octanol–water partition coefficient (Wildman–Crippen LogP) is 12.2. The summed E-state index contributed by atoms with van der Waals surface area (Å²) >= 11 is -2.34. The monoisotopic (exact) mass is 685 g/mol. The maximum absolute atomic E-state index is 13.5. The molecule has 0 aromatic carbocycles. The fourth-order valence-electron chi connectivity index (χ4n) is 5.95. The maximum atomic E-state index is 13.5. The van der Waals surface area contributed by atoms with Crippen molar-refractivity contribution < 1.29 is 14.3 Å². The molecule has 0 bridgehead atoms. The van der Waals surface area contributed by atoms with Gasteiger partial charge >= 0.3 is 230 Å². The van der Waals surface area contributed by atoms with Crippen LogP contribution in [0.3, 0.4) is 0 Å². The molecule has 0 unspecified atom stereocenters. The first-order chi connectivity index (χ1) is 19.7. The fraction of sp³-hybridized carbons (Fsp3) is 0.889. The Labute approximate surface area is 261 Å². The third-order valence-electron chi connectivity index (χ3n) is 8.51. The Bertz CT molecular complexity index is 636. The molecule has 0 aliphatic rings. The topological polar surface area (TPSA) is 46.6 Å². The molecule has 4 nitrogen and oxygen atoms in total. The number of carbonyl (C=O) groups is 2. The van der Waals surface area contributed by atoms with Gasteiger partial charge in [-0.05, 0) is 0 Å². The van der Waals surface area contributed by atoms with Gasteiger partial charge < -0.3 is 0 Å². The number of unbranched alkanes of at least 4 members (excludes halogenated alkanes) is 12. The van der Waals surface area contributed by atoms with Crippen molar-refractivity contribution in [2.24, 2.45) is 0 Å². The second-order valence-electron chi connectivity index (χ2n) is 13.7. The number of hydrogen-bond acceptors (Lipinski definition) is 3. The zero-order chi connectivity index (χ0) is 30.8. The molecule has 5 heteroatoms. The van der Waals surface area contributed by atoms with Gasteiger partial charge in [0, 0.05) is 0 Å². The zero-order valence-electron chi connectivity index (χ0n) is 28.7. The van der Waals surface area contributed by atoms with Crippen molar-refractivity contribution in [1.82, 2.24) is 4.90 Å². The van der Waals surface area contributed by atoms with Crippen LogP contribution in [-0.2, 0) is 9.53 Å². The molecule has 0 saturated carbocycles. The van der Waals surface area contributed by atoms with E-state index in [4.69, 9.17) is 4.74 Å². The molecular formula is C36H71NO3Sn. The van der Waals surface area contributed by atoms with E-state index in [1.54, 1.807) is 0 Å². The summed E-state index contributed by atoms with van der Waals surface area (Å²) in [4.78, 5) is 26.7. The summed E-state index contributed by atoms with van der Waals surface area (Å²) in [5, 5.41) is 0. The molecule has 0 heterocycles. The number of allylic oxidation sites excluding steroid dienone is 1. The van der Waals surface area contributed by atoms with Crippen molar-refractivity contribution in [3.05, 3.63) is 12.3 Å². The molecule has 0 aromatic rings. The third kappa shape index (κ3) is 21.8. The first kappa shape index (κ1) is 40.5. The molecule has 1 atom stereocenters. The summed E-state index contributed by atoms with van der Waals surface area (Å²) in [6.07, 6.45) is 28.2. The van der Waals surface area contributed by atoms with Crippen LogP contribution in [0, 0.1) is 0 Å². The van der Waals surface area contributed by atoms with Gasteiger partial charge in [0.05, 0.1) is 0 Å². The molecule has 0 N–H and O–H groups in total. The van der Waals surface area contributed by atoms with Gasteiger partial charge in [-0.2, -0.15) is 0 Å². The number of carbonyl (C=O) groups excluding carboxylic acids is 2. The van der Waals surface area contributed by atoms with Crippen LogP contribution >= 0.6 is 0 Å². The molecule has 1 amide bonds. The molecule has 0 fully saturated rings. The molecule has 0 saturated heterocycles. The van der Waals surface area contributed by atoms with Crippen LogP contribution in [0.15, 0.2) is 12.3 Å². The van der Waals surface area contributed by atoms with Crippen molar-refractivity contribution in [1.29, 1.82) is 0 Å². The van der Waals surface area contributed by atoms with Crippen LogP contribution in [-0.4, -0.2) is 47.3 Å². The van der Waals surface area contributed by atoms with Crippen LogP contribution in [0.1, 0.15) is 170 Å². The molecule has 41 heavy (non-hydrogen) atoms. The van der Waals surface area contributed by atoms with E-state index < -0.39 is 24.0 Å². The summed E-state index contributed by atoms with van der Waals surface area (Å²) < 4.78 is 11.5. The van der Waals surface area contributed by atoms with Gasteiger partial charge in [0.1, 0.15) is 0 Å². The van der Waals surface area contributed by atoms with E-state index in [1.807, 2.05) is 25.7 Å². The number of amides is 1. The number of rotatable bonds is 27. The van der Waals surface area contributed by atoms with Gasteiger partial charge in [0.25, 0.3) is 0 Å². The minimum atomic E-state index is -2.34. The van der Waals surface area contributed by atoms with Crippen molar-refractivity contribution in [2.75, 3.05) is 0 Å². The molecule has 0 spiro atoms. The number of aldehydes is 1. The minimum absolute atomic E-state index is 0.0202. The predicted molar refractivity (Wildman–Crippen MR) is 182 cm³/mol. The summed E-state index contributed by atoms with van der Waals surface area (Å²) in [6.45, 7) is 15.1. The Kier molecular flexibility index (Phi) is 25.6. The van der Waals surface area contributed by atoms with E-state index >= 15 is 0 Å². The fourth-order valence-corrected chi connectivity index (χ4v) is 21.0. The average molecular weight is 685 g/mol. The average Bonchev–Trinajstić information content (AvgIpc) is 2.93.